The summed E-state index contributed by atoms with van der Waals surface area (Å²) in [7, 11) is 3.97. The minimum absolute atomic E-state index is 0.0988. The van der Waals surface area contributed by atoms with E-state index in [0.29, 0.717) is 24.8 Å². The highest BCUT2D eigenvalue weighted by Crippen LogP contribution is 2.29. The van der Waals surface area contributed by atoms with E-state index in [0.717, 1.165) is 42.6 Å². The molecule has 1 N–H and O–H groups in total. The summed E-state index contributed by atoms with van der Waals surface area (Å²) in [4.78, 5) is 29.4. The summed E-state index contributed by atoms with van der Waals surface area (Å²) in [5.74, 6) is 0.741. The predicted molar refractivity (Wildman–Crippen MR) is 120 cm³/mol. The molecule has 1 aliphatic carbocycles. The van der Waals surface area contributed by atoms with E-state index in [1.54, 1.807) is 12.1 Å². The summed E-state index contributed by atoms with van der Waals surface area (Å²) in [6.45, 7) is 5.24. The van der Waals surface area contributed by atoms with E-state index < -0.39 is 0 Å². The first-order valence-electron chi connectivity index (χ1n) is 10.8. The quantitative estimate of drug-likeness (QED) is 0.679. The monoisotopic (exact) mass is 411 g/mol. The molecule has 1 heterocycles. The van der Waals surface area contributed by atoms with Gasteiger partial charge in [0.15, 0.2) is 5.76 Å². The summed E-state index contributed by atoms with van der Waals surface area (Å²) in [5, 5.41) is 3.08. The van der Waals surface area contributed by atoms with Gasteiger partial charge < -0.3 is 19.5 Å². The zero-order chi connectivity index (χ0) is 21.7. The van der Waals surface area contributed by atoms with E-state index >= 15 is 0 Å². The van der Waals surface area contributed by atoms with Crippen LogP contribution in [0.15, 0.2) is 41.0 Å². The number of hydrogen-bond donors (Lipinski definition) is 1. The number of nitrogens with zero attached hydrogens (tertiary/aromatic N) is 2. The van der Waals surface area contributed by atoms with Crippen LogP contribution in [-0.2, 0) is 11.3 Å². The van der Waals surface area contributed by atoms with Crippen LogP contribution in [0.1, 0.15) is 55.6 Å². The van der Waals surface area contributed by atoms with Gasteiger partial charge in [-0.05, 0) is 54.7 Å². The molecule has 0 unspecified atom stereocenters. The van der Waals surface area contributed by atoms with Crippen LogP contribution < -0.4 is 10.2 Å². The summed E-state index contributed by atoms with van der Waals surface area (Å²) in [5.41, 5.74) is 2.79. The Morgan fingerprint density at radius 2 is 1.90 bits per heavy atom. The molecule has 0 atom stereocenters. The van der Waals surface area contributed by atoms with Gasteiger partial charge in [0, 0.05) is 44.5 Å². The van der Waals surface area contributed by atoms with Gasteiger partial charge in [-0.15, -0.1) is 0 Å². The van der Waals surface area contributed by atoms with Gasteiger partial charge in [-0.25, -0.2) is 0 Å². The highest BCUT2D eigenvalue weighted by molar-refractivity contribution is 5.93. The first-order valence-corrected chi connectivity index (χ1v) is 10.8. The Morgan fingerprint density at radius 3 is 2.50 bits per heavy atom. The lowest BCUT2D eigenvalue weighted by atomic mass is 10.1. The zero-order valence-electron chi connectivity index (χ0n) is 18.5. The van der Waals surface area contributed by atoms with Crippen LogP contribution in [0.3, 0.4) is 0 Å². The number of amides is 2. The minimum atomic E-state index is -0.126. The number of carbonyl (C=O) groups excluding carboxylic acids is 2. The van der Waals surface area contributed by atoms with Crippen molar-refractivity contribution in [2.24, 2.45) is 11.8 Å². The van der Waals surface area contributed by atoms with Gasteiger partial charge in [0.2, 0.25) is 5.91 Å². The normalized spacial score (nSPS) is 14.2. The Morgan fingerprint density at radius 1 is 1.17 bits per heavy atom. The molecule has 162 valence electrons. The number of anilines is 2. The van der Waals surface area contributed by atoms with E-state index in [9.17, 15) is 9.59 Å². The molecule has 6 heteroatoms. The van der Waals surface area contributed by atoms with Gasteiger partial charge >= 0.3 is 0 Å². The van der Waals surface area contributed by atoms with E-state index in [1.165, 1.54) is 6.26 Å². The lowest BCUT2D eigenvalue weighted by Crippen LogP contribution is -2.34. The number of nitrogens with one attached hydrogen (secondary N) is 1. The third-order valence-corrected chi connectivity index (χ3v) is 5.52. The first kappa shape index (κ1) is 21.9. The van der Waals surface area contributed by atoms with Crippen molar-refractivity contribution in [3.63, 3.8) is 0 Å². The van der Waals surface area contributed by atoms with E-state index in [1.807, 2.05) is 42.1 Å². The van der Waals surface area contributed by atoms with Gasteiger partial charge in [-0.3, -0.25) is 9.59 Å². The maximum atomic E-state index is 13.0. The average molecular weight is 412 g/mol. The predicted octanol–water partition coefficient (Wildman–Crippen LogP) is 4.77. The second kappa shape index (κ2) is 9.83. The maximum Gasteiger partial charge on any atom is 0.289 e. The molecular weight excluding hydrogens is 378 g/mol. The molecule has 1 aromatic carbocycles. The summed E-state index contributed by atoms with van der Waals surface area (Å²) < 4.78 is 5.35. The Labute approximate surface area is 179 Å². The largest absolute Gasteiger partial charge is 0.459 e. The molecule has 0 saturated heterocycles. The van der Waals surface area contributed by atoms with Crippen molar-refractivity contribution >= 4 is 23.2 Å². The van der Waals surface area contributed by atoms with Crippen molar-refractivity contribution in [2.75, 3.05) is 30.9 Å². The number of hydrogen-bond acceptors (Lipinski definition) is 4. The molecule has 1 saturated carbocycles. The highest BCUT2D eigenvalue weighted by atomic mass is 16.3. The molecular formula is C24H33N3O3. The van der Waals surface area contributed by atoms with Crippen molar-refractivity contribution < 1.29 is 14.0 Å². The van der Waals surface area contributed by atoms with Gasteiger partial charge in [0.25, 0.3) is 5.91 Å². The zero-order valence-corrected chi connectivity index (χ0v) is 18.5. The number of rotatable bonds is 8. The van der Waals surface area contributed by atoms with Crippen molar-refractivity contribution in [1.29, 1.82) is 0 Å². The molecule has 0 bridgehead atoms. The molecule has 0 aliphatic heterocycles. The van der Waals surface area contributed by atoms with Gasteiger partial charge in [0.05, 0.1) is 6.26 Å². The Bertz CT molecular complexity index is 853. The van der Waals surface area contributed by atoms with Crippen LogP contribution in [0, 0.1) is 11.8 Å². The molecule has 0 spiro atoms. The van der Waals surface area contributed by atoms with E-state index in [4.69, 9.17) is 4.42 Å². The Hall–Kier alpha value is -2.76. The number of benzene rings is 1. The average Bonchev–Trinajstić information content (AvgIpc) is 3.40. The molecule has 2 amide bonds. The molecule has 6 nitrogen and oxygen atoms in total. The van der Waals surface area contributed by atoms with Crippen LogP contribution in [0.25, 0.3) is 0 Å². The van der Waals surface area contributed by atoms with Crippen molar-refractivity contribution in [1.82, 2.24) is 4.90 Å². The van der Waals surface area contributed by atoms with Crippen molar-refractivity contribution in [3.8, 4) is 0 Å². The topological polar surface area (TPSA) is 65.8 Å². The Balaban J connectivity index is 1.84. The molecule has 0 radical (unpaired) electrons. The standard InChI is InChI=1S/C24H33N3O3/c1-17(2)15-27(24(29)22-10-7-13-30-22)16-19-14-20(11-12-21(19)26(3)4)25-23(28)18-8-5-6-9-18/h7,10-14,17-18H,5-6,8-9,15-16H2,1-4H3,(H,25,28). The third-order valence-electron chi connectivity index (χ3n) is 5.52. The lowest BCUT2D eigenvalue weighted by molar-refractivity contribution is -0.119. The molecule has 3 rings (SSSR count). The SMILES string of the molecule is CC(C)CN(Cc1cc(NC(=O)C2CCCC2)ccc1N(C)C)C(=O)c1ccco1. The van der Waals surface area contributed by atoms with Gasteiger partial charge in [-0.1, -0.05) is 26.7 Å². The summed E-state index contributed by atoms with van der Waals surface area (Å²) in [6.07, 6.45) is 5.71. The third kappa shape index (κ3) is 5.43. The maximum absolute atomic E-state index is 13.0. The second-order valence-electron chi connectivity index (χ2n) is 8.77. The number of furan rings is 1. The van der Waals surface area contributed by atoms with Crippen LogP contribution in [0.5, 0.6) is 0 Å². The first-order chi connectivity index (χ1) is 14.3. The second-order valence-corrected chi connectivity index (χ2v) is 8.77. The molecule has 2 aromatic rings. The van der Waals surface area contributed by atoms with Gasteiger partial charge in [-0.2, -0.15) is 0 Å². The molecule has 30 heavy (non-hydrogen) atoms. The van der Waals surface area contributed by atoms with Gasteiger partial charge in [0.1, 0.15) is 0 Å². The molecule has 1 fully saturated rings. The van der Waals surface area contributed by atoms with Crippen molar-refractivity contribution in [2.45, 2.75) is 46.1 Å². The lowest BCUT2D eigenvalue weighted by Gasteiger charge is -2.27. The van der Waals surface area contributed by atoms with Crippen LogP contribution in [0.4, 0.5) is 11.4 Å². The van der Waals surface area contributed by atoms with Crippen molar-refractivity contribution in [3.05, 3.63) is 47.9 Å². The smallest absolute Gasteiger partial charge is 0.289 e. The van der Waals surface area contributed by atoms with Crippen LogP contribution in [0.2, 0.25) is 0 Å². The summed E-state index contributed by atoms with van der Waals surface area (Å²) >= 11 is 0. The molecule has 1 aliphatic rings. The summed E-state index contributed by atoms with van der Waals surface area (Å²) in [6, 6.07) is 9.36. The fourth-order valence-corrected chi connectivity index (χ4v) is 4.08. The van der Waals surface area contributed by atoms with E-state index in [2.05, 4.69) is 19.2 Å². The van der Waals surface area contributed by atoms with E-state index in [-0.39, 0.29) is 17.7 Å². The Kier molecular flexibility index (Phi) is 7.19. The minimum Gasteiger partial charge on any atom is -0.459 e. The van der Waals surface area contributed by atoms with Crippen LogP contribution in [-0.4, -0.2) is 37.4 Å². The fourth-order valence-electron chi connectivity index (χ4n) is 4.08. The van der Waals surface area contributed by atoms with Crippen LogP contribution >= 0.6 is 0 Å². The molecule has 1 aromatic heterocycles. The number of carbonyl (C=O) groups is 2. The fraction of sp³-hybridized carbons (Fsp3) is 0.500. The highest BCUT2D eigenvalue weighted by Gasteiger charge is 2.24.